The van der Waals surface area contributed by atoms with Crippen LogP contribution in [0.2, 0.25) is 0 Å². The van der Waals surface area contributed by atoms with Crippen LogP contribution in [-0.2, 0) is 4.79 Å². The number of guanidine groups is 1. The lowest BCUT2D eigenvalue weighted by atomic mass is 9.92. The van der Waals surface area contributed by atoms with Gasteiger partial charge in [-0.25, -0.2) is 4.99 Å². The van der Waals surface area contributed by atoms with Crippen molar-refractivity contribution in [2.45, 2.75) is 24.8 Å². The van der Waals surface area contributed by atoms with Gasteiger partial charge in [0.15, 0.2) is 5.96 Å². The first-order chi connectivity index (χ1) is 10.9. The van der Waals surface area contributed by atoms with Crippen molar-refractivity contribution in [3.05, 3.63) is 35.0 Å². The molecule has 0 spiro atoms. The second-order valence-electron chi connectivity index (χ2n) is 5.98. The summed E-state index contributed by atoms with van der Waals surface area (Å²) in [5.41, 5.74) is 6.42. The van der Waals surface area contributed by atoms with Gasteiger partial charge in [-0.1, -0.05) is 6.08 Å². The van der Waals surface area contributed by atoms with E-state index in [1.165, 1.54) is 4.90 Å². The first-order valence-electron chi connectivity index (χ1n) is 7.39. The molecule has 2 aliphatic heterocycles. The molecule has 3 rings (SSSR count). The van der Waals surface area contributed by atoms with Crippen molar-refractivity contribution < 1.29 is 9.53 Å². The smallest absolute Gasteiger partial charge is 0.231 e. The predicted molar refractivity (Wildman–Crippen MR) is 91.5 cm³/mol. The number of carbonyl (C=O) groups excluding carboxylic acids is 1. The Kier molecular flexibility index (Phi) is 4.06. The van der Waals surface area contributed by atoms with Gasteiger partial charge in [0, 0.05) is 29.8 Å². The number of aliphatic imine (C=N–C) groups is 1. The first kappa shape index (κ1) is 15.9. The lowest BCUT2D eigenvalue weighted by Gasteiger charge is -2.33. The minimum Gasteiger partial charge on any atom is -0.495 e. The number of amides is 1. The summed E-state index contributed by atoms with van der Waals surface area (Å²) in [6.45, 7) is 1.97. The normalized spacial score (nSPS) is 27.7. The van der Waals surface area contributed by atoms with E-state index >= 15 is 0 Å². The topological polar surface area (TPSA) is 80.8 Å². The van der Waals surface area contributed by atoms with Gasteiger partial charge in [-0.05, 0) is 18.6 Å². The number of pyridine rings is 1. The van der Waals surface area contributed by atoms with Gasteiger partial charge < -0.3 is 10.5 Å². The zero-order valence-corrected chi connectivity index (χ0v) is 14.3. The molecule has 2 N–H and O–H groups in total. The molecular formula is C16H20N4O2S. The number of hydrogen-bond acceptors (Lipinski definition) is 6. The molecule has 0 fully saturated rings. The molecule has 2 aliphatic rings. The number of carbonyl (C=O) groups is 1. The molecule has 0 saturated carbocycles. The van der Waals surface area contributed by atoms with Crippen molar-refractivity contribution in [3.63, 3.8) is 0 Å². The van der Waals surface area contributed by atoms with Gasteiger partial charge in [-0.15, -0.1) is 11.8 Å². The molecule has 2 atom stereocenters. The second kappa shape index (κ2) is 5.88. The van der Waals surface area contributed by atoms with E-state index in [0.717, 1.165) is 22.0 Å². The molecule has 23 heavy (non-hydrogen) atoms. The van der Waals surface area contributed by atoms with E-state index in [2.05, 4.69) is 16.1 Å². The molecular weight excluding hydrogens is 312 g/mol. The Balaban J connectivity index is 1.88. The van der Waals surface area contributed by atoms with Gasteiger partial charge in [0.25, 0.3) is 0 Å². The number of ether oxygens (including phenoxy) is 1. The van der Waals surface area contributed by atoms with Crippen LogP contribution in [0.15, 0.2) is 34.4 Å². The van der Waals surface area contributed by atoms with Crippen LogP contribution >= 0.6 is 11.8 Å². The summed E-state index contributed by atoms with van der Waals surface area (Å²) in [4.78, 5) is 23.4. The number of aromatic nitrogens is 1. The van der Waals surface area contributed by atoms with Crippen LogP contribution < -0.4 is 10.5 Å². The molecule has 1 amide bonds. The molecule has 122 valence electrons. The van der Waals surface area contributed by atoms with Crippen molar-refractivity contribution in [2.75, 3.05) is 19.9 Å². The van der Waals surface area contributed by atoms with E-state index in [1.54, 1.807) is 32.1 Å². The lowest BCUT2D eigenvalue weighted by Crippen LogP contribution is -2.48. The number of nitrogens with zero attached hydrogens (tertiary/aromatic N) is 3. The fraction of sp³-hybridized carbons (Fsp3) is 0.438. The molecule has 6 nitrogen and oxygen atoms in total. The van der Waals surface area contributed by atoms with E-state index in [1.807, 2.05) is 19.2 Å². The summed E-state index contributed by atoms with van der Waals surface area (Å²) >= 11 is 1.73. The van der Waals surface area contributed by atoms with E-state index in [-0.39, 0.29) is 17.8 Å². The predicted octanol–water partition coefficient (Wildman–Crippen LogP) is 1.74. The average Bonchev–Trinajstić information content (AvgIpc) is 3.03. The lowest BCUT2D eigenvalue weighted by molar-refractivity contribution is -0.128. The maximum Gasteiger partial charge on any atom is 0.231 e. The Hall–Kier alpha value is -2.02. The van der Waals surface area contributed by atoms with Crippen molar-refractivity contribution in [2.24, 2.45) is 10.7 Å². The summed E-state index contributed by atoms with van der Waals surface area (Å²) in [5, 5.41) is 0. The Morgan fingerprint density at radius 2 is 2.26 bits per heavy atom. The molecule has 0 bridgehead atoms. The molecule has 0 aliphatic carbocycles. The number of thioether (sulfide) groups is 1. The molecule has 7 heteroatoms. The van der Waals surface area contributed by atoms with E-state index < -0.39 is 5.54 Å². The zero-order valence-electron chi connectivity index (χ0n) is 13.4. The Morgan fingerprint density at radius 1 is 1.48 bits per heavy atom. The molecule has 1 unspecified atom stereocenters. The highest BCUT2D eigenvalue weighted by Gasteiger charge is 2.40. The number of allylic oxidation sites excluding steroid dienone is 1. The Morgan fingerprint density at radius 3 is 2.96 bits per heavy atom. The molecule has 1 aromatic rings. The molecule has 0 radical (unpaired) electrons. The van der Waals surface area contributed by atoms with Crippen molar-refractivity contribution in [1.82, 2.24) is 9.88 Å². The summed E-state index contributed by atoms with van der Waals surface area (Å²) in [7, 11) is 3.29. The molecule has 3 heterocycles. The molecule has 1 aromatic heterocycles. The van der Waals surface area contributed by atoms with Crippen LogP contribution in [0.4, 0.5) is 0 Å². The van der Waals surface area contributed by atoms with Gasteiger partial charge in [0.05, 0.1) is 19.7 Å². The summed E-state index contributed by atoms with van der Waals surface area (Å²) in [6.07, 6.45) is 6.06. The largest absolute Gasteiger partial charge is 0.495 e. The van der Waals surface area contributed by atoms with Crippen LogP contribution in [0.5, 0.6) is 5.75 Å². The monoisotopic (exact) mass is 332 g/mol. The van der Waals surface area contributed by atoms with Gasteiger partial charge in [-0.2, -0.15) is 0 Å². The number of hydrogen-bond donors (Lipinski definition) is 1. The Bertz CT molecular complexity index is 703. The van der Waals surface area contributed by atoms with Crippen LogP contribution in [0.3, 0.4) is 0 Å². The maximum absolute atomic E-state index is 12.1. The molecule has 0 saturated heterocycles. The fourth-order valence-corrected chi connectivity index (χ4v) is 4.12. The quantitative estimate of drug-likeness (QED) is 0.912. The van der Waals surface area contributed by atoms with E-state index in [0.29, 0.717) is 6.42 Å². The van der Waals surface area contributed by atoms with Crippen molar-refractivity contribution in [3.8, 4) is 5.75 Å². The third kappa shape index (κ3) is 2.93. The van der Waals surface area contributed by atoms with Crippen LogP contribution in [0.1, 0.15) is 24.8 Å². The standard InChI is InChI=1S/C16H20N4O2S/c1-16(6-14(21)20(2)15(17)19-16)13-5-11(9-23-13)10-4-12(22-3)8-18-7-10/h4-5,7-8,11H,6,9H2,1-3H3,(H2,17,19)/t11?,16-/m0/s1. The maximum atomic E-state index is 12.1. The fourth-order valence-electron chi connectivity index (χ4n) is 2.79. The van der Waals surface area contributed by atoms with Crippen LogP contribution in [0, 0.1) is 0 Å². The summed E-state index contributed by atoms with van der Waals surface area (Å²) < 4.78 is 5.24. The third-order valence-corrected chi connectivity index (χ3v) is 5.69. The molecule has 0 aromatic carbocycles. The van der Waals surface area contributed by atoms with E-state index in [4.69, 9.17) is 10.5 Å². The van der Waals surface area contributed by atoms with Crippen molar-refractivity contribution >= 4 is 23.6 Å². The van der Waals surface area contributed by atoms with Gasteiger partial charge >= 0.3 is 0 Å². The average molecular weight is 332 g/mol. The van der Waals surface area contributed by atoms with Crippen molar-refractivity contribution in [1.29, 1.82) is 0 Å². The summed E-state index contributed by atoms with van der Waals surface area (Å²) in [6, 6.07) is 2.00. The van der Waals surface area contributed by atoms with Gasteiger partial charge in [0.1, 0.15) is 11.3 Å². The number of nitrogens with two attached hydrogens (primary N) is 1. The SMILES string of the molecule is COc1cncc(C2C=C([C@]3(C)CC(=O)N(C)C(N)=N3)SC2)c1. The highest BCUT2D eigenvalue weighted by molar-refractivity contribution is 8.03. The zero-order chi connectivity index (χ0) is 16.6. The van der Waals surface area contributed by atoms with Crippen LogP contribution in [-0.4, -0.2) is 47.2 Å². The third-order valence-electron chi connectivity index (χ3n) is 4.27. The van der Waals surface area contributed by atoms with E-state index in [9.17, 15) is 4.79 Å². The van der Waals surface area contributed by atoms with Gasteiger partial charge in [0.2, 0.25) is 5.91 Å². The minimum atomic E-state index is -0.570. The van der Waals surface area contributed by atoms with Gasteiger partial charge in [-0.3, -0.25) is 14.7 Å². The van der Waals surface area contributed by atoms with Crippen LogP contribution in [0.25, 0.3) is 0 Å². The summed E-state index contributed by atoms with van der Waals surface area (Å²) in [5.74, 6) is 2.15. The minimum absolute atomic E-state index is 0.00648. The Labute approximate surface area is 139 Å². The highest BCUT2D eigenvalue weighted by Crippen LogP contribution is 2.45. The number of methoxy groups -OCH3 is 1. The number of rotatable bonds is 3. The first-order valence-corrected chi connectivity index (χ1v) is 8.37. The second-order valence-corrected chi connectivity index (χ2v) is 7.04. The highest BCUT2D eigenvalue weighted by atomic mass is 32.2.